The largest absolute Gasteiger partial charge is 0.507 e. The first kappa shape index (κ1) is 9.51. The van der Waals surface area contributed by atoms with Gasteiger partial charge in [-0.3, -0.25) is 4.79 Å². The van der Waals surface area contributed by atoms with E-state index in [0.717, 1.165) is 5.56 Å². The van der Waals surface area contributed by atoms with Crippen LogP contribution in [0.25, 0.3) is 0 Å². The van der Waals surface area contributed by atoms with Crippen molar-refractivity contribution in [3.8, 4) is 5.75 Å². The lowest BCUT2D eigenvalue weighted by Gasteiger charge is -2.05. The molecule has 3 N–H and O–H groups in total. The quantitative estimate of drug-likeness (QED) is 0.365. The van der Waals surface area contributed by atoms with Crippen LogP contribution >= 0.6 is 0 Å². The summed E-state index contributed by atoms with van der Waals surface area (Å²) in [5, 5.41) is 23.9. The summed E-state index contributed by atoms with van der Waals surface area (Å²) in [5.74, 6) is -0.105. The first-order valence-corrected chi connectivity index (χ1v) is 4.46. The number of anilines is 1. The van der Waals surface area contributed by atoms with Crippen molar-refractivity contribution >= 4 is 17.3 Å². The third-order valence-electron chi connectivity index (χ3n) is 2.39. The molecule has 1 aromatic carbocycles. The Labute approximate surface area is 86.0 Å². The minimum Gasteiger partial charge on any atom is -0.507 e. The molecule has 0 saturated heterocycles. The molecule has 78 valence electrons. The Morgan fingerprint density at radius 1 is 1.53 bits per heavy atom. The number of phenolic OH excluding ortho intramolecular Hbond substituents is 1. The minimum absolute atomic E-state index is 0.00810. The summed E-state index contributed by atoms with van der Waals surface area (Å²) in [6, 6.07) is 3.11. The summed E-state index contributed by atoms with van der Waals surface area (Å²) in [6.45, 7) is 1.58. The predicted molar refractivity (Wildman–Crippen MR) is 54.4 cm³/mol. The zero-order valence-corrected chi connectivity index (χ0v) is 8.11. The molecular weight excluding hydrogens is 196 g/mol. The van der Waals surface area contributed by atoms with Gasteiger partial charge in [-0.25, -0.2) is 0 Å². The number of aromatic hydroxyl groups is 1. The van der Waals surface area contributed by atoms with Gasteiger partial charge in [-0.05, 0) is 18.6 Å². The number of carbonyl (C=O) groups is 1. The van der Waals surface area contributed by atoms with Gasteiger partial charge in [0.25, 0.3) is 0 Å². The number of carbonyl (C=O) groups excluding carboxylic acids is 1. The SMILES string of the molecule is C/C(=N\O)c1cc2c(cc1O)NC(=O)C2. The summed E-state index contributed by atoms with van der Waals surface area (Å²) < 4.78 is 0. The van der Waals surface area contributed by atoms with E-state index < -0.39 is 0 Å². The molecule has 1 aromatic rings. The second-order valence-electron chi connectivity index (χ2n) is 3.44. The number of phenols is 1. The van der Waals surface area contributed by atoms with Crippen LogP contribution in [-0.4, -0.2) is 21.9 Å². The Hall–Kier alpha value is -2.04. The Bertz CT molecular complexity index is 466. The highest BCUT2D eigenvalue weighted by Gasteiger charge is 2.20. The molecule has 0 unspecified atom stereocenters. The molecule has 1 amide bonds. The highest BCUT2D eigenvalue weighted by molar-refractivity contribution is 6.04. The van der Waals surface area contributed by atoms with Gasteiger partial charge < -0.3 is 15.6 Å². The number of amides is 1. The van der Waals surface area contributed by atoms with Crippen molar-refractivity contribution in [1.82, 2.24) is 0 Å². The molecule has 0 saturated carbocycles. The topological polar surface area (TPSA) is 81.9 Å². The average Bonchev–Trinajstić information content (AvgIpc) is 2.55. The van der Waals surface area contributed by atoms with E-state index in [-0.39, 0.29) is 11.7 Å². The Kier molecular flexibility index (Phi) is 2.07. The second kappa shape index (κ2) is 3.27. The highest BCUT2D eigenvalue weighted by atomic mass is 16.4. The van der Waals surface area contributed by atoms with Gasteiger partial charge in [-0.15, -0.1) is 0 Å². The van der Waals surface area contributed by atoms with Crippen LogP contribution in [0.5, 0.6) is 5.75 Å². The van der Waals surface area contributed by atoms with Crippen molar-refractivity contribution in [3.05, 3.63) is 23.3 Å². The molecule has 1 aliphatic rings. The molecule has 0 radical (unpaired) electrons. The molecule has 5 nitrogen and oxygen atoms in total. The highest BCUT2D eigenvalue weighted by Crippen LogP contribution is 2.30. The van der Waals surface area contributed by atoms with Crippen LogP contribution in [0.3, 0.4) is 0 Å². The summed E-state index contributed by atoms with van der Waals surface area (Å²) in [7, 11) is 0. The minimum atomic E-state index is -0.0971. The molecular formula is C10H10N2O3. The zero-order chi connectivity index (χ0) is 11.0. The van der Waals surface area contributed by atoms with E-state index >= 15 is 0 Å². The van der Waals surface area contributed by atoms with Crippen molar-refractivity contribution in [3.63, 3.8) is 0 Å². The van der Waals surface area contributed by atoms with Gasteiger partial charge in [0.05, 0.1) is 12.1 Å². The van der Waals surface area contributed by atoms with Gasteiger partial charge >= 0.3 is 0 Å². The fourth-order valence-electron chi connectivity index (χ4n) is 1.61. The van der Waals surface area contributed by atoms with Crippen molar-refractivity contribution in [2.75, 3.05) is 5.32 Å². The van der Waals surface area contributed by atoms with Crippen LogP contribution in [-0.2, 0) is 11.2 Å². The van der Waals surface area contributed by atoms with Crippen LogP contribution in [0.15, 0.2) is 17.3 Å². The fourth-order valence-corrected chi connectivity index (χ4v) is 1.61. The number of nitrogens with zero attached hydrogens (tertiary/aromatic N) is 1. The monoisotopic (exact) mass is 206 g/mol. The number of fused-ring (bicyclic) bond motifs is 1. The molecule has 0 aromatic heterocycles. The molecule has 0 aliphatic carbocycles. The van der Waals surface area contributed by atoms with Crippen LogP contribution in [0.1, 0.15) is 18.1 Å². The smallest absolute Gasteiger partial charge is 0.228 e. The van der Waals surface area contributed by atoms with Crippen LogP contribution in [0.2, 0.25) is 0 Å². The van der Waals surface area contributed by atoms with E-state index in [1.165, 1.54) is 6.07 Å². The van der Waals surface area contributed by atoms with Gasteiger partial charge in [0.2, 0.25) is 5.91 Å². The molecule has 1 heterocycles. The zero-order valence-electron chi connectivity index (χ0n) is 8.11. The third kappa shape index (κ3) is 1.52. The first-order valence-electron chi connectivity index (χ1n) is 4.46. The maximum Gasteiger partial charge on any atom is 0.228 e. The summed E-state index contributed by atoms with van der Waals surface area (Å²) >= 11 is 0. The van der Waals surface area contributed by atoms with Crippen LogP contribution < -0.4 is 5.32 Å². The Balaban J connectivity index is 2.53. The van der Waals surface area contributed by atoms with Gasteiger partial charge in [0.15, 0.2) is 0 Å². The maximum absolute atomic E-state index is 11.1. The number of nitrogens with one attached hydrogen (secondary N) is 1. The van der Waals surface area contributed by atoms with E-state index in [9.17, 15) is 9.90 Å². The number of hydrogen-bond acceptors (Lipinski definition) is 4. The lowest BCUT2D eigenvalue weighted by Crippen LogP contribution is -2.03. The lowest BCUT2D eigenvalue weighted by molar-refractivity contribution is -0.115. The van der Waals surface area contributed by atoms with E-state index in [2.05, 4.69) is 10.5 Å². The lowest BCUT2D eigenvalue weighted by atomic mass is 10.0. The van der Waals surface area contributed by atoms with Crippen LogP contribution in [0.4, 0.5) is 5.69 Å². The molecule has 15 heavy (non-hydrogen) atoms. The normalized spacial score (nSPS) is 15.0. The summed E-state index contributed by atoms with van der Waals surface area (Å²) in [6.07, 6.45) is 0.293. The van der Waals surface area contributed by atoms with E-state index in [1.54, 1.807) is 13.0 Å². The van der Waals surface area contributed by atoms with E-state index in [4.69, 9.17) is 5.21 Å². The Morgan fingerprint density at radius 2 is 2.27 bits per heavy atom. The fraction of sp³-hybridized carbons (Fsp3) is 0.200. The summed E-state index contributed by atoms with van der Waals surface area (Å²) in [4.78, 5) is 11.1. The number of hydrogen-bond donors (Lipinski definition) is 3. The number of benzene rings is 1. The standard InChI is InChI=1S/C10H10N2O3/c1-5(12-15)7-2-6-3-10(14)11-8(6)4-9(7)13/h2,4,13,15H,3H2,1H3,(H,11,14)/b12-5+. The van der Waals surface area contributed by atoms with Gasteiger partial charge in [0, 0.05) is 17.3 Å². The molecule has 5 heteroatoms. The number of oxime groups is 1. The molecule has 0 fully saturated rings. The van der Waals surface area contributed by atoms with E-state index in [1.807, 2.05) is 0 Å². The number of rotatable bonds is 1. The Morgan fingerprint density at radius 3 is 2.93 bits per heavy atom. The summed E-state index contributed by atoms with van der Waals surface area (Å²) in [5.41, 5.74) is 2.17. The van der Waals surface area contributed by atoms with Gasteiger partial charge in [-0.2, -0.15) is 0 Å². The van der Waals surface area contributed by atoms with Crippen molar-refractivity contribution in [2.24, 2.45) is 5.16 Å². The first-order chi connectivity index (χ1) is 7.11. The van der Waals surface area contributed by atoms with Crippen molar-refractivity contribution in [1.29, 1.82) is 0 Å². The molecule has 0 spiro atoms. The average molecular weight is 206 g/mol. The third-order valence-corrected chi connectivity index (χ3v) is 2.39. The molecule has 0 bridgehead atoms. The van der Waals surface area contributed by atoms with Crippen LogP contribution in [0, 0.1) is 0 Å². The van der Waals surface area contributed by atoms with Crippen molar-refractivity contribution < 1.29 is 15.1 Å². The van der Waals surface area contributed by atoms with Crippen molar-refractivity contribution in [2.45, 2.75) is 13.3 Å². The maximum atomic E-state index is 11.1. The van der Waals surface area contributed by atoms with E-state index in [0.29, 0.717) is 23.4 Å². The second-order valence-corrected chi connectivity index (χ2v) is 3.44. The predicted octanol–water partition coefficient (Wildman–Crippen LogP) is 1.08. The van der Waals surface area contributed by atoms with Gasteiger partial charge in [0.1, 0.15) is 5.75 Å². The molecule has 0 atom stereocenters. The molecule has 1 aliphatic heterocycles. The molecule has 2 rings (SSSR count). The van der Waals surface area contributed by atoms with Gasteiger partial charge in [-0.1, -0.05) is 5.16 Å².